The van der Waals surface area contributed by atoms with E-state index < -0.39 is 5.60 Å². The summed E-state index contributed by atoms with van der Waals surface area (Å²) in [6, 6.07) is 0.319. The molecule has 1 atom stereocenters. The standard InChI is InChI=1S/C12H25NO2/c1-10(2)11(5-8-14)13-9-12(15)6-3-4-7-12/h10-11,13-15H,3-9H2,1-2H3. The van der Waals surface area contributed by atoms with Gasteiger partial charge in [-0.15, -0.1) is 0 Å². The summed E-state index contributed by atoms with van der Waals surface area (Å²) in [4.78, 5) is 0. The summed E-state index contributed by atoms with van der Waals surface area (Å²) in [5.74, 6) is 0.502. The maximum atomic E-state index is 10.2. The summed E-state index contributed by atoms with van der Waals surface area (Å²) < 4.78 is 0. The number of hydrogen-bond acceptors (Lipinski definition) is 3. The summed E-state index contributed by atoms with van der Waals surface area (Å²) in [6.07, 6.45) is 4.90. The third kappa shape index (κ3) is 4.09. The first-order chi connectivity index (χ1) is 7.07. The van der Waals surface area contributed by atoms with E-state index in [0.29, 0.717) is 18.5 Å². The van der Waals surface area contributed by atoms with Gasteiger partial charge >= 0.3 is 0 Å². The van der Waals surface area contributed by atoms with Crippen LogP contribution in [0.3, 0.4) is 0 Å². The maximum Gasteiger partial charge on any atom is 0.0771 e. The molecule has 0 radical (unpaired) electrons. The fraction of sp³-hybridized carbons (Fsp3) is 1.00. The highest BCUT2D eigenvalue weighted by Crippen LogP contribution is 2.28. The lowest BCUT2D eigenvalue weighted by Gasteiger charge is -2.28. The van der Waals surface area contributed by atoms with Crippen LogP contribution in [0.5, 0.6) is 0 Å². The number of hydrogen-bond donors (Lipinski definition) is 3. The zero-order valence-corrected chi connectivity index (χ0v) is 10.00. The van der Waals surface area contributed by atoms with E-state index in [1.807, 2.05) is 0 Å². The molecular formula is C12H25NO2. The van der Waals surface area contributed by atoms with Gasteiger partial charge in [0.2, 0.25) is 0 Å². The van der Waals surface area contributed by atoms with Gasteiger partial charge in [0.25, 0.3) is 0 Å². The van der Waals surface area contributed by atoms with Crippen molar-refractivity contribution in [3.63, 3.8) is 0 Å². The molecule has 3 N–H and O–H groups in total. The first-order valence-electron chi connectivity index (χ1n) is 6.14. The van der Waals surface area contributed by atoms with Crippen molar-refractivity contribution in [2.75, 3.05) is 13.2 Å². The van der Waals surface area contributed by atoms with E-state index in [9.17, 15) is 5.11 Å². The molecule has 90 valence electrons. The van der Waals surface area contributed by atoms with Gasteiger partial charge in [0.15, 0.2) is 0 Å². The Kier molecular flexibility index (Phi) is 5.03. The lowest BCUT2D eigenvalue weighted by molar-refractivity contribution is 0.0418. The number of rotatable bonds is 6. The molecule has 0 aliphatic heterocycles. The molecule has 1 fully saturated rings. The second-order valence-electron chi connectivity index (χ2n) is 5.18. The molecule has 1 unspecified atom stereocenters. The van der Waals surface area contributed by atoms with Crippen LogP contribution in [0.2, 0.25) is 0 Å². The molecule has 15 heavy (non-hydrogen) atoms. The molecule has 0 aromatic heterocycles. The Balaban J connectivity index is 2.32. The van der Waals surface area contributed by atoms with E-state index >= 15 is 0 Å². The minimum atomic E-state index is -0.484. The Bertz CT molecular complexity index is 176. The fourth-order valence-electron chi connectivity index (χ4n) is 2.34. The fourth-order valence-corrected chi connectivity index (χ4v) is 2.34. The van der Waals surface area contributed by atoms with Gasteiger partial charge in [-0.2, -0.15) is 0 Å². The van der Waals surface area contributed by atoms with Crippen LogP contribution < -0.4 is 5.32 Å². The van der Waals surface area contributed by atoms with Crippen molar-refractivity contribution in [1.82, 2.24) is 5.32 Å². The van der Waals surface area contributed by atoms with Crippen molar-refractivity contribution in [3.8, 4) is 0 Å². The van der Waals surface area contributed by atoms with Crippen molar-refractivity contribution >= 4 is 0 Å². The quantitative estimate of drug-likeness (QED) is 0.626. The van der Waals surface area contributed by atoms with Gasteiger partial charge in [-0.25, -0.2) is 0 Å². The molecule has 3 heteroatoms. The highest BCUT2D eigenvalue weighted by molar-refractivity contribution is 4.87. The van der Waals surface area contributed by atoms with Gasteiger partial charge in [-0.05, 0) is 25.2 Å². The number of aliphatic hydroxyl groups excluding tert-OH is 1. The van der Waals surface area contributed by atoms with Crippen LogP contribution in [0.1, 0.15) is 46.0 Å². The van der Waals surface area contributed by atoms with Gasteiger partial charge in [0.1, 0.15) is 0 Å². The molecule has 1 saturated carbocycles. The molecule has 0 spiro atoms. The van der Waals surface area contributed by atoms with E-state index in [0.717, 1.165) is 32.1 Å². The van der Waals surface area contributed by atoms with Gasteiger partial charge in [-0.3, -0.25) is 0 Å². The second-order valence-corrected chi connectivity index (χ2v) is 5.18. The van der Waals surface area contributed by atoms with Crippen molar-refractivity contribution in [3.05, 3.63) is 0 Å². The highest BCUT2D eigenvalue weighted by Gasteiger charge is 2.31. The minimum Gasteiger partial charge on any atom is -0.396 e. The van der Waals surface area contributed by atoms with Crippen LogP contribution in [0.15, 0.2) is 0 Å². The molecule has 1 aliphatic rings. The number of nitrogens with one attached hydrogen (secondary N) is 1. The van der Waals surface area contributed by atoms with Crippen LogP contribution in [-0.4, -0.2) is 35.0 Å². The lowest BCUT2D eigenvalue weighted by Crippen LogP contribution is -2.45. The van der Waals surface area contributed by atoms with Crippen molar-refractivity contribution < 1.29 is 10.2 Å². The summed E-state index contributed by atoms with van der Waals surface area (Å²) in [6.45, 7) is 5.18. The Hall–Kier alpha value is -0.120. The van der Waals surface area contributed by atoms with Crippen LogP contribution in [0.25, 0.3) is 0 Å². The van der Waals surface area contributed by atoms with E-state index in [-0.39, 0.29) is 6.61 Å². The molecule has 0 bridgehead atoms. The SMILES string of the molecule is CC(C)C(CCO)NCC1(O)CCCC1. The first kappa shape index (κ1) is 12.9. The largest absolute Gasteiger partial charge is 0.396 e. The van der Waals surface area contributed by atoms with Crippen LogP contribution in [-0.2, 0) is 0 Å². The van der Waals surface area contributed by atoms with E-state index in [4.69, 9.17) is 5.11 Å². The average Bonchev–Trinajstić information content (AvgIpc) is 2.60. The zero-order valence-electron chi connectivity index (χ0n) is 10.00. The molecule has 3 nitrogen and oxygen atoms in total. The van der Waals surface area contributed by atoms with Crippen molar-refractivity contribution in [2.24, 2.45) is 5.92 Å². The third-order valence-corrected chi connectivity index (χ3v) is 3.47. The predicted octanol–water partition coefficient (Wildman–Crippen LogP) is 1.29. The van der Waals surface area contributed by atoms with Crippen LogP contribution in [0.4, 0.5) is 0 Å². The van der Waals surface area contributed by atoms with E-state index in [1.54, 1.807) is 0 Å². The van der Waals surface area contributed by atoms with Crippen LogP contribution in [0, 0.1) is 5.92 Å². The minimum absolute atomic E-state index is 0.217. The van der Waals surface area contributed by atoms with E-state index in [1.165, 1.54) is 0 Å². The topological polar surface area (TPSA) is 52.5 Å². The Morgan fingerprint density at radius 2 is 1.87 bits per heavy atom. The molecule has 0 aromatic carbocycles. The predicted molar refractivity (Wildman–Crippen MR) is 61.7 cm³/mol. The molecular weight excluding hydrogens is 190 g/mol. The van der Waals surface area contributed by atoms with Gasteiger partial charge in [0.05, 0.1) is 5.60 Å². The van der Waals surface area contributed by atoms with Gasteiger partial charge in [0, 0.05) is 19.2 Å². The number of aliphatic hydroxyl groups is 2. The molecule has 0 amide bonds. The zero-order chi connectivity index (χ0) is 11.3. The highest BCUT2D eigenvalue weighted by atomic mass is 16.3. The van der Waals surface area contributed by atoms with Crippen LogP contribution >= 0.6 is 0 Å². The average molecular weight is 215 g/mol. The third-order valence-electron chi connectivity index (χ3n) is 3.47. The molecule has 0 aromatic rings. The Labute approximate surface area is 92.9 Å². The monoisotopic (exact) mass is 215 g/mol. The normalized spacial score (nSPS) is 22.2. The summed E-state index contributed by atoms with van der Waals surface area (Å²) >= 11 is 0. The van der Waals surface area contributed by atoms with E-state index in [2.05, 4.69) is 19.2 Å². The second kappa shape index (κ2) is 5.83. The lowest BCUT2D eigenvalue weighted by atomic mass is 9.98. The van der Waals surface area contributed by atoms with Gasteiger partial charge < -0.3 is 15.5 Å². The molecule has 1 aliphatic carbocycles. The van der Waals surface area contributed by atoms with Gasteiger partial charge in [-0.1, -0.05) is 26.7 Å². The Morgan fingerprint density at radius 3 is 2.33 bits per heavy atom. The molecule has 0 saturated heterocycles. The summed E-state index contributed by atoms with van der Waals surface area (Å²) in [7, 11) is 0. The molecule has 0 heterocycles. The van der Waals surface area contributed by atoms with Crippen molar-refractivity contribution in [2.45, 2.75) is 57.6 Å². The smallest absolute Gasteiger partial charge is 0.0771 e. The summed E-state index contributed by atoms with van der Waals surface area (Å²) in [5.41, 5.74) is -0.484. The van der Waals surface area contributed by atoms with Crippen molar-refractivity contribution in [1.29, 1.82) is 0 Å². The summed E-state index contributed by atoms with van der Waals surface area (Å²) in [5, 5.41) is 22.5. The maximum absolute atomic E-state index is 10.2. The Morgan fingerprint density at radius 1 is 1.27 bits per heavy atom. The molecule has 1 rings (SSSR count). The first-order valence-corrected chi connectivity index (χ1v) is 6.14.